The van der Waals surface area contributed by atoms with E-state index in [2.05, 4.69) is 46.0 Å². The summed E-state index contributed by atoms with van der Waals surface area (Å²) >= 11 is 1.92. The lowest BCUT2D eigenvalue weighted by atomic mass is 9.86. The molecule has 2 heteroatoms. The molecule has 1 heterocycles. The molecule has 2 rings (SSSR count). The van der Waals surface area contributed by atoms with Gasteiger partial charge >= 0.3 is 0 Å². The summed E-state index contributed by atoms with van der Waals surface area (Å²) < 4.78 is 0. The van der Waals surface area contributed by atoms with Crippen LogP contribution in [0.25, 0.3) is 0 Å². The van der Waals surface area contributed by atoms with Gasteiger partial charge in [-0.3, -0.25) is 0 Å². The Morgan fingerprint density at radius 3 is 2.59 bits per heavy atom. The Hall–Kier alpha value is -0.340. The quantitative estimate of drug-likeness (QED) is 0.828. The van der Waals surface area contributed by atoms with Gasteiger partial charge in [0.2, 0.25) is 0 Å². The van der Waals surface area contributed by atoms with Crippen molar-refractivity contribution in [2.45, 2.75) is 66.0 Å². The van der Waals surface area contributed by atoms with E-state index in [9.17, 15) is 0 Å². The van der Waals surface area contributed by atoms with Crippen LogP contribution in [0.3, 0.4) is 0 Å². The minimum Gasteiger partial charge on any atom is -0.307 e. The molecule has 0 saturated heterocycles. The fourth-order valence-corrected chi connectivity index (χ4v) is 4.13. The van der Waals surface area contributed by atoms with Crippen LogP contribution in [0.5, 0.6) is 0 Å². The van der Waals surface area contributed by atoms with Crippen molar-refractivity contribution in [3.05, 3.63) is 21.4 Å². The largest absolute Gasteiger partial charge is 0.307 e. The SMILES string of the molecule is Cc1cc(C(C)NC2CCCC2(C)C)c(C)s1. The lowest BCUT2D eigenvalue weighted by Gasteiger charge is -2.31. The van der Waals surface area contributed by atoms with E-state index in [4.69, 9.17) is 0 Å². The molecular formula is C15H25NS. The monoisotopic (exact) mass is 251 g/mol. The van der Waals surface area contributed by atoms with Crippen LogP contribution in [0, 0.1) is 19.3 Å². The molecule has 1 nitrogen and oxygen atoms in total. The van der Waals surface area contributed by atoms with Crippen LogP contribution in [0.4, 0.5) is 0 Å². The molecule has 2 unspecified atom stereocenters. The van der Waals surface area contributed by atoms with E-state index in [0.717, 1.165) is 0 Å². The van der Waals surface area contributed by atoms with E-state index in [1.165, 1.54) is 34.6 Å². The predicted molar refractivity (Wildman–Crippen MR) is 76.8 cm³/mol. The van der Waals surface area contributed by atoms with E-state index in [1.807, 2.05) is 11.3 Å². The first-order valence-corrected chi connectivity index (χ1v) is 7.55. The lowest BCUT2D eigenvalue weighted by Crippen LogP contribution is -2.39. The number of hydrogen-bond donors (Lipinski definition) is 1. The van der Waals surface area contributed by atoms with Gasteiger partial charge in [-0.25, -0.2) is 0 Å². The first kappa shape index (κ1) is 13.1. The van der Waals surface area contributed by atoms with Crippen molar-refractivity contribution < 1.29 is 0 Å². The van der Waals surface area contributed by atoms with Gasteiger partial charge in [0.25, 0.3) is 0 Å². The van der Waals surface area contributed by atoms with Gasteiger partial charge in [0.05, 0.1) is 0 Å². The van der Waals surface area contributed by atoms with E-state index in [-0.39, 0.29) is 0 Å². The summed E-state index contributed by atoms with van der Waals surface area (Å²) in [5, 5.41) is 3.85. The number of rotatable bonds is 3. The molecule has 0 bridgehead atoms. The zero-order valence-corrected chi connectivity index (χ0v) is 12.6. The minimum atomic E-state index is 0.466. The minimum absolute atomic E-state index is 0.466. The zero-order chi connectivity index (χ0) is 12.6. The average molecular weight is 251 g/mol. The highest BCUT2D eigenvalue weighted by Crippen LogP contribution is 2.39. The molecule has 1 saturated carbocycles. The second-order valence-electron chi connectivity index (χ2n) is 6.19. The maximum absolute atomic E-state index is 3.85. The zero-order valence-electron chi connectivity index (χ0n) is 11.8. The molecule has 1 fully saturated rings. The van der Waals surface area contributed by atoms with Crippen molar-refractivity contribution in [3.63, 3.8) is 0 Å². The van der Waals surface area contributed by atoms with Gasteiger partial charge in [-0.05, 0) is 50.7 Å². The van der Waals surface area contributed by atoms with E-state index >= 15 is 0 Å². The Kier molecular flexibility index (Phi) is 3.65. The van der Waals surface area contributed by atoms with Gasteiger partial charge in [0.1, 0.15) is 0 Å². The third kappa shape index (κ3) is 2.74. The first-order valence-electron chi connectivity index (χ1n) is 6.73. The fourth-order valence-electron chi connectivity index (χ4n) is 3.11. The summed E-state index contributed by atoms with van der Waals surface area (Å²) in [7, 11) is 0. The number of aryl methyl sites for hydroxylation is 2. The standard InChI is InChI=1S/C15H25NS/c1-10-9-13(12(3)17-10)11(2)16-14-7-6-8-15(14,4)5/h9,11,14,16H,6-8H2,1-5H3. The molecule has 1 aromatic heterocycles. The molecule has 0 aromatic carbocycles. The summed E-state index contributed by atoms with van der Waals surface area (Å²) in [4.78, 5) is 2.90. The van der Waals surface area contributed by atoms with Crippen molar-refractivity contribution in [2.75, 3.05) is 0 Å². The van der Waals surface area contributed by atoms with Gasteiger partial charge in [0, 0.05) is 21.8 Å². The Morgan fingerprint density at radius 2 is 2.12 bits per heavy atom. The summed E-state index contributed by atoms with van der Waals surface area (Å²) in [6.07, 6.45) is 4.07. The van der Waals surface area contributed by atoms with Crippen LogP contribution in [-0.4, -0.2) is 6.04 Å². The van der Waals surface area contributed by atoms with Crippen LogP contribution in [0.15, 0.2) is 6.07 Å². The summed E-state index contributed by atoms with van der Waals surface area (Å²) in [6, 6.07) is 3.51. The topological polar surface area (TPSA) is 12.0 Å². The van der Waals surface area contributed by atoms with Crippen molar-refractivity contribution in [2.24, 2.45) is 5.41 Å². The fraction of sp³-hybridized carbons (Fsp3) is 0.733. The lowest BCUT2D eigenvalue weighted by molar-refractivity contribution is 0.266. The van der Waals surface area contributed by atoms with Gasteiger partial charge in [-0.2, -0.15) is 0 Å². The molecule has 0 aliphatic heterocycles. The van der Waals surface area contributed by atoms with Gasteiger partial charge in [-0.1, -0.05) is 20.3 Å². The van der Waals surface area contributed by atoms with Crippen molar-refractivity contribution in [3.8, 4) is 0 Å². The number of thiophene rings is 1. The van der Waals surface area contributed by atoms with Crippen LogP contribution >= 0.6 is 11.3 Å². The highest BCUT2D eigenvalue weighted by atomic mass is 32.1. The Balaban J connectivity index is 2.07. The van der Waals surface area contributed by atoms with Crippen molar-refractivity contribution in [1.29, 1.82) is 0 Å². The highest BCUT2D eigenvalue weighted by Gasteiger charge is 2.35. The van der Waals surface area contributed by atoms with E-state index in [1.54, 1.807) is 0 Å². The summed E-state index contributed by atoms with van der Waals surface area (Å²) in [5.41, 5.74) is 1.96. The molecule has 0 amide bonds. The molecule has 2 atom stereocenters. The Labute approximate surface area is 110 Å². The van der Waals surface area contributed by atoms with Gasteiger partial charge in [-0.15, -0.1) is 11.3 Å². The molecule has 17 heavy (non-hydrogen) atoms. The van der Waals surface area contributed by atoms with Gasteiger partial charge < -0.3 is 5.32 Å². The van der Waals surface area contributed by atoms with Crippen molar-refractivity contribution in [1.82, 2.24) is 5.32 Å². The Morgan fingerprint density at radius 1 is 1.41 bits per heavy atom. The summed E-state index contributed by atoms with van der Waals surface area (Å²) in [6.45, 7) is 11.5. The van der Waals surface area contributed by atoms with E-state index in [0.29, 0.717) is 17.5 Å². The molecule has 1 aliphatic carbocycles. The second-order valence-corrected chi connectivity index (χ2v) is 7.65. The predicted octanol–water partition coefficient (Wildman–Crippen LogP) is 4.59. The maximum Gasteiger partial charge on any atom is 0.0305 e. The number of nitrogens with one attached hydrogen (secondary N) is 1. The molecule has 0 spiro atoms. The average Bonchev–Trinajstić information content (AvgIpc) is 2.70. The van der Waals surface area contributed by atoms with Gasteiger partial charge in [0.15, 0.2) is 0 Å². The third-order valence-corrected chi connectivity index (χ3v) is 5.24. The van der Waals surface area contributed by atoms with Crippen LogP contribution < -0.4 is 5.32 Å². The van der Waals surface area contributed by atoms with Crippen LogP contribution in [-0.2, 0) is 0 Å². The third-order valence-electron chi connectivity index (χ3n) is 4.25. The normalized spacial score (nSPS) is 25.1. The summed E-state index contributed by atoms with van der Waals surface area (Å²) in [5.74, 6) is 0. The maximum atomic E-state index is 3.85. The molecule has 96 valence electrons. The first-order chi connectivity index (χ1) is 7.90. The molecule has 0 radical (unpaired) electrons. The van der Waals surface area contributed by atoms with Crippen LogP contribution in [0.2, 0.25) is 0 Å². The molecule has 1 aromatic rings. The molecular weight excluding hydrogens is 226 g/mol. The number of hydrogen-bond acceptors (Lipinski definition) is 2. The highest BCUT2D eigenvalue weighted by molar-refractivity contribution is 7.12. The van der Waals surface area contributed by atoms with E-state index < -0.39 is 0 Å². The van der Waals surface area contributed by atoms with Crippen LogP contribution in [0.1, 0.15) is 61.4 Å². The molecule has 1 aliphatic rings. The smallest absolute Gasteiger partial charge is 0.0305 e. The Bertz CT molecular complexity index is 392. The molecule has 1 N–H and O–H groups in total. The second kappa shape index (κ2) is 4.74. The van der Waals surface area contributed by atoms with Crippen molar-refractivity contribution >= 4 is 11.3 Å².